The van der Waals surface area contributed by atoms with Gasteiger partial charge in [-0.25, -0.2) is 0 Å². The van der Waals surface area contributed by atoms with E-state index in [1.54, 1.807) is 18.2 Å². The van der Waals surface area contributed by atoms with E-state index >= 15 is 0 Å². The highest BCUT2D eigenvalue weighted by Crippen LogP contribution is 2.32. The molecule has 0 saturated carbocycles. The Morgan fingerprint density at radius 2 is 1.77 bits per heavy atom. The Morgan fingerprint density at radius 1 is 1.03 bits per heavy atom. The van der Waals surface area contributed by atoms with Gasteiger partial charge in [0.25, 0.3) is 5.91 Å². The van der Waals surface area contributed by atoms with Crippen LogP contribution in [0, 0.1) is 0 Å². The molecule has 2 aliphatic rings. The summed E-state index contributed by atoms with van der Waals surface area (Å²) in [5, 5.41) is 9.76. The molecule has 1 amide bonds. The molecule has 0 spiro atoms. The summed E-state index contributed by atoms with van der Waals surface area (Å²) in [5.41, 5.74) is 2.64. The molecule has 3 heterocycles. The van der Waals surface area contributed by atoms with Crippen molar-refractivity contribution in [3.8, 4) is 0 Å². The molecule has 7 nitrogen and oxygen atoms in total. The Balaban J connectivity index is 1.41. The number of piperidine rings is 1. The van der Waals surface area contributed by atoms with E-state index < -0.39 is 6.29 Å². The number of aliphatic hydroxyl groups excluding tert-OH is 1. The average molecular weight is 476 g/mol. The van der Waals surface area contributed by atoms with Crippen LogP contribution in [0.1, 0.15) is 48.3 Å². The van der Waals surface area contributed by atoms with Gasteiger partial charge < -0.3 is 23.9 Å². The zero-order chi connectivity index (χ0) is 24.2. The Kier molecular flexibility index (Phi) is 6.97. The van der Waals surface area contributed by atoms with Gasteiger partial charge in [-0.2, -0.15) is 0 Å². The van der Waals surface area contributed by atoms with Crippen LogP contribution in [0.2, 0.25) is 0 Å². The number of para-hydroxylation sites is 1. The van der Waals surface area contributed by atoms with Crippen LogP contribution in [0.4, 0.5) is 0 Å². The second-order valence-corrected chi connectivity index (χ2v) is 9.08. The lowest BCUT2D eigenvalue weighted by Crippen LogP contribution is -2.39. The van der Waals surface area contributed by atoms with E-state index in [4.69, 9.17) is 13.9 Å². The van der Waals surface area contributed by atoms with Gasteiger partial charge in [-0.15, -0.1) is 0 Å². The van der Waals surface area contributed by atoms with Crippen LogP contribution in [0.25, 0.3) is 11.0 Å². The fourth-order valence-corrected chi connectivity index (χ4v) is 4.66. The number of fused-ring (bicyclic) bond motifs is 1. The summed E-state index contributed by atoms with van der Waals surface area (Å²) in [6, 6.07) is 14.6. The van der Waals surface area contributed by atoms with Crippen LogP contribution in [0.15, 0.2) is 75.8 Å². The van der Waals surface area contributed by atoms with Gasteiger partial charge in [-0.05, 0) is 48.6 Å². The van der Waals surface area contributed by atoms with E-state index in [0.717, 1.165) is 30.4 Å². The number of hydrogen-bond donors (Lipinski definition) is 1. The third-order valence-electron chi connectivity index (χ3n) is 6.66. The van der Waals surface area contributed by atoms with E-state index in [1.165, 1.54) is 6.26 Å². The number of likely N-dealkylation sites (tertiary alicyclic amines) is 1. The maximum atomic E-state index is 13.3. The Labute approximate surface area is 203 Å². The van der Waals surface area contributed by atoms with E-state index in [1.807, 2.05) is 41.3 Å². The molecule has 0 aliphatic carbocycles. The number of rotatable bonds is 6. The molecule has 7 heteroatoms. The quantitative estimate of drug-likeness (QED) is 0.574. The summed E-state index contributed by atoms with van der Waals surface area (Å²) in [5.74, 6) is -0.327. The first kappa shape index (κ1) is 23.3. The molecular formula is C28H29NO6. The van der Waals surface area contributed by atoms with Crippen molar-refractivity contribution in [2.24, 2.45) is 0 Å². The van der Waals surface area contributed by atoms with Gasteiger partial charge in [0.2, 0.25) is 6.29 Å². The normalized spacial score (nSPS) is 20.4. The van der Waals surface area contributed by atoms with Gasteiger partial charge in [0.05, 0.1) is 24.9 Å². The number of benzene rings is 2. The maximum Gasteiger partial charge on any atom is 0.288 e. The van der Waals surface area contributed by atoms with Crippen LogP contribution in [0.5, 0.6) is 0 Å². The lowest BCUT2D eigenvalue weighted by Gasteiger charge is -2.32. The number of hydrogen-bond acceptors (Lipinski definition) is 6. The lowest BCUT2D eigenvalue weighted by atomic mass is 9.93. The maximum absolute atomic E-state index is 13.3. The molecule has 1 saturated heterocycles. The van der Waals surface area contributed by atoms with Crippen molar-refractivity contribution in [1.29, 1.82) is 0 Å². The van der Waals surface area contributed by atoms with Crippen molar-refractivity contribution in [2.45, 2.75) is 51.1 Å². The predicted molar refractivity (Wildman–Crippen MR) is 130 cm³/mol. The first-order valence-electron chi connectivity index (χ1n) is 12.1. The monoisotopic (exact) mass is 475 g/mol. The molecule has 5 rings (SSSR count). The largest absolute Gasteiger partial charge is 0.464 e. The molecule has 3 aromatic rings. The van der Waals surface area contributed by atoms with Crippen LogP contribution >= 0.6 is 0 Å². The van der Waals surface area contributed by atoms with Crippen molar-refractivity contribution in [2.75, 3.05) is 13.1 Å². The molecule has 2 aliphatic heterocycles. The third-order valence-corrected chi connectivity index (χ3v) is 6.66. The highest BCUT2D eigenvalue weighted by atomic mass is 16.7. The topological polar surface area (TPSA) is 89.2 Å². The summed E-state index contributed by atoms with van der Waals surface area (Å²) in [4.78, 5) is 28.3. The van der Waals surface area contributed by atoms with Crippen LogP contribution in [0.3, 0.4) is 0 Å². The minimum absolute atomic E-state index is 0.0182. The number of nitrogens with zero attached hydrogens (tertiary/aromatic N) is 1. The summed E-state index contributed by atoms with van der Waals surface area (Å²) >= 11 is 0. The van der Waals surface area contributed by atoms with Crippen molar-refractivity contribution in [3.05, 3.63) is 93.5 Å². The van der Waals surface area contributed by atoms with Gasteiger partial charge >= 0.3 is 0 Å². The second-order valence-electron chi connectivity index (χ2n) is 9.08. The molecule has 0 unspecified atom stereocenters. The van der Waals surface area contributed by atoms with Gasteiger partial charge in [-0.1, -0.05) is 36.4 Å². The van der Waals surface area contributed by atoms with Gasteiger partial charge in [0.15, 0.2) is 11.2 Å². The third kappa shape index (κ3) is 5.16. The van der Waals surface area contributed by atoms with Crippen LogP contribution < -0.4 is 5.43 Å². The first-order chi connectivity index (χ1) is 17.1. The Bertz CT molecular complexity index is 1270. The van der Waals surface area contributed by atoms with Crippen LogP contribution in [-0.4, -0.2) is 35.3 Å². The fraction of sp³-hybridized carbons (Fsp3) is 0.357. The lowest BCUT2D eigenvalue weighted by molar-refractivity contribution is -0.156. The average Bonchev–Trinajstić information content (AvgIpc) is 2.92. The van der Waals surface area contributed by atoms with Crippen molar-refractivity contribution in [3.63, 3.8) is 0 Å². The Morgan fingerprint density at radius 3 is 2.54 bits per heavy atom. The molecule has 0 radical (unpaired) electrons. The molecule has 0 bridgehead atoms. The van der Waals surface area contributed by atoms with E-state index in [-0.39, 0.29) is 36.2 Å². The molecule has 2 atom stereocenters. The molecule has 182 valence electrons. The fourth-order valence-electron chi connectivity index (χ4n) is 4.66. The number of aliphatic hydroxyl groups is 1. The second kappa shape index (κ2) is 10.5. The zero-order valence-electron chi connectivity index (χ0n) is 19.5. The number of amides is 1. The molecule has 1 N–H and O–H groups in total. The standard InChI is InChI=1S/C28H29NO6/c30-16-19-8-10-20(11-9-19)17-34-26-15-21(14-25(35-26)28(32)29-12-4-1-5-13-29)23-18-33-24-7-3-2-6-22(24)27(23)31/h2-3,6-11,14,18,21,26,30H,1,4-5,12-13,15-17H2/t21-,26+/m0/s1. The number of carbonyl (C=O) groups excluding carboxylic acids is 1. The number of carbonyl (C=O) groups is 1. The SMILES string of the molecule is O=C(C1=C[C@H](c2coc3ccccc3c2=O)C[C@H](OCc2ccc(CO)cc2)O1)N1CCCCC1. The first-order valence-corrected chi connectivity index (χ1v) is 12.1. The number of ether oxygens (including phenoxy) is 2. The minimum atomic E-state index is -0.697. The van der Waals surface area contributed by atoms with Crippen LogP contribution in [-0.2, 0) is 27.5 Å². The molecule has 1 fully saturated rings. The summed E-state index contributed by atoms with van der Waals surface area (Å²) in [6.07, 6.45) is 5.98. The van der Waals surface area contributed by atoms with Gasteiger partial charge in [0, 0.05) is 31.0 Å². The van der Waals surface area contributed by atoms with Crippen molar-refractivity contribution >= 4 is 16.9 Å². The molecule has 35 heavy (non-hydrogen) atoms. The minimum Gasteiger partial charge on any atom is -0.464 e. The highest BCUT2D eigenvalue weighted by Gasteiger charge is 2.33. The van der Waals surface area contributed by atoms with Crippen molar-refractivity contribution in [1.82, 2.24) is 4.90 Å². The number of allylic oxidation sites excluding steroid dienone is 1. The molecule has 1 aromatic heterocycles. The zero-order valence-corrected chi connectivity index (χ0v) is 19.5. The predicted octanol–water partition coefficient (Wildman–Crippen LogP) is 4.23. The van der Waals surface area contributed by atoms with E-state index in [0.29, 0.717) is 36.0 Å². The van der Waals surface area contributed by atoms with Crippen molar-refractivity contribution < 1.29 is 23.8 Å². The summed E-state index contributed by atoms with van der Waals surface area (Å²) in [7, 11) is 0. The van der Waals surface area contributed by atoms with E-state index in [9.17, 15) is 14.7 Å². The summed E-state index contributed by atoms with van der Waals surface area (Å²) < 4.78 is 17.8. The molecule has 2 aromatic carbocycles. The highest BCUT2D eigenvalue weighted by molar-refractivity contribution is 5.92. The van der Waals surface area contributed by atoms with Gasteiger partial charge in [-0.3, -0.25) is 9.59 Å². The Hall–Kier alpha value is -3.42. The smallest absolute Gasteiger partial charge is 0.288 e. The van der Waals surface area contributed by atoms with Gasteiger partial charge in [0.1, 0.15) is 5.58 Å². The summed E-state index contributed by atoms with van der Waals surface area (Å²) in [6.45, 7) is 1.66. The van der Waals surface area contributed by atoms with E-state index in [2.05, 4.69) is 0 Å². The molecular weight excluding hydrogens is 446 g/mol.